The van der Waals surface area contributed by atoms with Crippen LogP contribution in [0.4, 0.5) is 4.39 Å². The molecule has 0 radical (unpaired) electrons. The first-order valence-corrected chi connectivity index (χ1v) is 9.30. The van der Waals surface area contributed by atoms with E-state index in [4.69, 9.17) is 0 Å². The van der Waals surface area contributed by atoms with E-state index in [2.05, 4.69) is 33.8 Å². The molecular weight excluding hydrogens is 331 g/mol. The number of nitrogens with zero attached hydrogens (tertiary/aromatic N) is 3. The van der Waals surface area contributed by atoms with Gasteiger partial charge in [0.25, 0.3) is 0 Å². The van der Waals surface area contributed by atoms with Crippen molar-refractivity contribution in [1.29, 1.82) is 0 Å². The predicted molar refractivity (Wildman–Crippen MR) is 99.7 cm³/mol. The molecule has 4 heterocycles. The van der Waals surface area contributed by atoms with Gasteiger partial charge in [0.05, 0.1) is 5.52 Å². The van der Waals surface area contributed by atoms with Crippen LogP contribution in [0.5, 0.6) is 0 Å². The van der Waals surface area contributed by atoms with Gasteiger partial charge < -0.3 is 14.8 Å². The normalized spacial score (nSPS) is 32.4. The van der Waals surface area contributed by atoms with Crippen LogP contribution in [0.1, 0.15) is 5.69 Å². The van der Waals surface area contributed by atoms with Crippen molar-refractivity contribution in [2.75, 3.05) is 53.4 Å². The summed E-state index contributed by atoms with van der Waals surface area (Å²) < 4.78 is 14.1. The molecule has 3 aliphatic heterocycles. The number of halogens is 1. The van der Waals surface area contributed by atoms with E-state index in [1.807, 2.05) is 0 Å². The van der Waals surface area contributed by atoms with Gasteiger partial charge in [-0.15, -0.1) is 0 Å². The molecule has 3 fully saturated rings. The zero-order valence-electron chi connectivity index (χ0n) is 15.4. The van der Waals surface area contributed by atoms with Crippen LogP contribution in [0.3, 0.4) is 0 Å². The van der Waals surface area contributed by atoms with Gasteiger partial charge in [0.2, 0.25) is 0 Å². The van der Waals surface area contributed by atoms with Crippen LogP contribution < -0.4 is 5.43 Å². The Balaban J connectivity index is 1.45. The van der Waals surface area contributed by atoms with Crippen LogP contribution >= 0.6 is 0 Å². The smallest absolute Gasteiger partial charge is 0.189 e. The number of pyridine rings is 1. The Labute approximate surface area is 152 Å². The number of hydrogen-bond acceptors (Lipinski definition) is 4. The summed E-state index contributed by atoms with van der Waals surface area (Å²) in [5.74, 6) is -0.364. The van der Waals surface area contributed by atoms with E-state index in [1.165, 1.54) is 6.07 Å². The topological polar surface area (TPSA) is 42.6 Å². The van der Waals surface area contributed by atoms with Crippen molar-refractivity contribution in [2.45, 2.75) is 6.54 Å². The maximum Gasteiger partial charge on any atom is 0.189 e. The standard InChI is InChI=1S/C20H25FN4O/c1-23-8-19-10-24(2)11-20(19,9-23)13-25(12-19)7-14-6-17(26)15-4-3-5-16(21)18(15)22-14/h3-6H,7-13H2,1-2H3,(H,22,26). The number of aromatic amines is 1. The SMILES string of the molecule is CN1CC23CN(C)CC2(C1)CN(Cc1cc(=O)c2cccc(F)c2[nH]1)C3. The highest BCUT2D eigenvalue weighted by Gasteiger charge is 2.65. The second-order valence-corrected chi connectivity index (χ2v) is 8.87. The third-order valence-electron chi connectivity index (χ3n) is 6.73. The summed E-state index contributed by atoms with van der Waals surface area (Å²) >= 11 is 0. The lowest BCUT2D eigenvalue weighted by Crippen LogP contribution is -2.38. The molecule has 138 valence electrons. The first-order chi connectivity index (χ1) is 12.4. The van der Waals surface area contributed by atoms with Crippen molar-refractivity contribution in [1.82, 2.24) is 19.7 Å². The highest BCUT2D eigenvalue weighted by Crippen LogP contribution is 2.56. The van der Waals surface area contributed by atoms with Crippen molar-refractivity contribution < 1.29 is 4.39 Å². The lowest BCUT2D eigenvalue weighted by molar-refractivity contribution is 0.185. The first kappa shape index (κ1) is 16.4. The van der Waals surface area contributed by atoms with Crippen LogP contribution in [-0.2, 0) is 6.54 Å². The van der Waals surface area contributed by atoms with Gasteiger partial charge in [-0.1, -0.05) is 6.07 Å². The summed E-state index contributed by atoms with van der Waals surface area (Å²) in [6, 6.07) is 6.30. The molecule has 3 saturated heterocycles. The van der Waals surface area contributed by atoms with Gasteiger partial charge in [-0.05, 0) is 26.2 Å². The van der Waals surface area contributed by atoms with Crippen molar-refractivity contribution in [2.24, 2.45) is 10.8 Å². The molecule has 26 heavy (non-hydrogen) atoms. The summed E-state index contributed by atoms with van der Waals surface area (Å²) in [6.45, 7) is 7.30. The number of benzene rings is 1. The molecule has 0 aliphatic carbocycles. The molecule has 1 aromatic carbocycles. The average Bonchev–Trinajstić information content (AvgIpc) is 3.02. The van der Waals surface area contributed by atoms with Crippen molar-refractivity contribution in [3.05, 3.63) is 46.0 Å². The Bertz CT molecular complexity index is 901. The number of hydrogen-bond donors (Lipinski definition) is 1. The zero-order chi connectivity index (χ0) is 18.1. The summed E-state index contributed by atoms with van der Waals surface area (Å²) in [5.41, 5.74) is 1.66. The van der Waals surface area contributed by atoms with Crippen LogP contribution in [0.2, 0.25) is 0 Å². The number of para-hydroxylation sites is 1. The third-order valence-corrected chi connectivity index (χ3v) is 6.73. The van der Waals surface area contributed by atoms with Crippen LogP contribution in [0, 0.1) is 16.6 Å². The lowest BCUT2D eigenvalue weighted by atomic mass is 9.71. The molecule has 0 unspecified atom stereocenters. The summed E-state index contributed by atoms with van der Waals surface area (Å²) in [7, 11) is 4.45. The second-order valence-electron chi connectivity index (χ2n) is 8.87. The largest absolute Gasteiger partial charge is 0.355 e. The predicted octanol–water partition coefficient (Wildman–Crippen LogP) is 1.35. The van der Waals surface area contributed by atoms with Crippen molar-refractivity contribution >= 4 is 10.9 Å². The van der Waals surface area contributed by atoms with E-state index < -0.39 is 0 Å². The van der Waals surface area contributed by atoms with Gasteiger partial charge >= 0.3 is 0 Å². The van der Waals surface area contributed by atoms with Crippen LogP contribution in [0.25, 0.3) is 10.9 Å². The van der Waals surface area contributed by atoms with E-state index >= 15 is 0 Å². The molecular formula is C20H25FN4O. The van der Waals surface area contributed by atoms with E-state index in [9.17, 15) is 9.18 Å². The minimum Gasteiger partial charge on any atom is -0.355 e. The molecule has 0 saturated carbocycles. The third kappa shape index (κ3) is 2.22. The van der Waals surface area contributed by atoms with E-state index in [0.29, 0.717) is 28.3 Å². The number of aromatic nitrogens is 1. The number of rotatable bonds is 2. The maximum atomic E-state index is 14.1. The molecule has 2 aromatic rings. The number of H-pyrrole nitrogens is 1. The van der Waals surface area contributed by atoms with E-state index in [-0.39, 0.29) is 11.2 Å². The van der Waals surface area contributed by atoms with Gasteiger partial charge in [-0.25, -0.2) is 4.39 Å². The van der Waals surface area contributed by atoms with Crippen molar-refractivity contribution in [3.8, 4) is 0 Å². The zero-order valence-corrected chi connectivity index (χ0v) is 15.4. The maximum absolute atomic E-state index is 14.1. The summed E-state index contributed by atoms with van der Waals surface area (Å²) in [5, 5.41) is 0.421. The number of fused-ring (bicyclic) bond motifs is 1. The molecule has 0 spiro atoms. The summed E-state index contributed by atoms with van der Waals surface area (Å²) in [6.07, 6.45) is 0. The van der Waals surface area contributed by atoms with Crippen LogP contribution in [0.15, 0.2) is 29.1 Å². The van der Waals surface area contributed by atoms with E-state index in [0.717, 1.165) is 45.0 Å². The number of likely N-dealkylation sites (tertiary alicyclic amines) is 3. The Morgan fingerprint density at radius 1 is 1.04 bits per heavy atom. The minimum absolute atomic E-state index is 0.108. The van der Waals surface area contributed by atoms with Gasteiger partial charge in [0.15, 0.2) is 5.43 Å². The fourth-order valence-electron chi connectivity index (χ4n) is 6.12. The summed E-state index contributed by atoms with van der Waals surface area (Å²) in [4.78, 5) is 22.9. The first-order valence-electron chi connectivity index (χ1n) is 9.30. The number of nitrogens with one attached hydrogen (secondary N) is 1. The molecule has 5 rings (SSSR count). The molecule has 3 aliphatic rings. The van der Waals surface area contributed by atoms with Gasteiger partial charge in [-0.3, -0.25) is 9.69 Å². The Hall–Kier alpha value is -1.76. The van der Waals surface area contributed by atoms with Gasteiger partial charge in [0.1, 0.15) is 5.82 Å². The van der Waals surface area contributed by atoms with Crippen LogP contribution in [-0.4, -0.2) is 73.0 Å². The van der Waals surface area contributed by atoms with Gasteiger partial charge in [0, 0.05) is 73.8 Å². The fraction of sp³-hybridized carbons (Fsp3) is 0.550. The second kappa shape index (κ2) is 5.38. The Morgan fingerprint density at radius 2 is 1.65 bits per heavy atom. The molecule has 0 bridgehead atoms. The average molecular weight is 356 g/mol. The van der Waals surface area contributed by atoms with Crippen molar-refractivity contribution in [3.63, 3.8) is 0 Å². The quantitative estimate of drug-likeness (QED) is 0.882. The monoisotopic (exact) mass is 356 g/mol. The molecule has 1 aromatic heterocycles. The lowest BCUT2D eigenvalue weighted by Gasteiger charge is -2.29. The molecule has 1 N–H and O–H groups in total. The molecule has 6 heteroatoms. The van der Waals surface area contributed by atoms with Gasteiger partial charge in [-0.2, -0.15) is 0 Å². The van der Waals surface area contributed by atoms with E-state index in [1.54, 1.807) is 18.2 Å². The molecule has 5 nitrogen and oxygen atoms in total. The molecule has 0 amide bonds. The molecule has 0 atom stereocenters. The Morgan fingerprint density at radius 3 is 2.27 bits per heavy atom. The Kier molecular flexibility index (Phi) is 3.39. The minimum atomic E-state index is -0.364. The fourth-order valence-corrected chi connectivity index (χ4v) is 6.12. The highest BCUT2D eigenvalue weighted by molar-refractivity contribution is 5.78. The highest BCUT2D eigenvalue weighted by atomic mass is 19.1.